The van der Waals surface area contributed by atoms with Crippen LogP contribution in [0.4, 0.5) is 23.1 Å². The predicted molar refractivity (Wildman–Crippen MR) is 134 cm³/mol. The Hall–Kier alpha value is -3.78. The summed E-state index contributed by atoms with van der Waals surface area (Å²) in [7, 11) is 1.52. The zero-order valence-electron chi connectivity index (χ0n) is 19.2. The molecule has 0 aliphatic rings. The van der Waals surface area contributed by atoms with E-state index in [2.05, 4.69) is 34.4 Å². The van der Waals surface area contributed by atoms with E-state index in [0.29, 0.717) is 40.2 Å². The van der Waals surface area contributed by atoms with E-state index in [4.69, 9.17) is 21.4 Å². The molecule has 0 bridgehead atoms. The quantitative estimate of drug-likeness (QED) is 0.252. The van der Waals surface area contributed by atoms with Crippen molar-refractivity contribution in [1.29, 1.82) is 0 Å². The van der Waals surface area contributed by atoms with E-state index in [9.17, 15) is 9.90 Å². The number of halogens is 1. The van der Waals surface area contributed by atoms with Gasteiger partial charge in [0.25, 0.3) is 0 Å². The largest absolute Gasteiger partial charge is 0.515 e. The van der Waals surface area contributed by atoms with E-state index in [1.54, 1.807) is 18.2 Å². The van der Waals surface area contributed by atoms with Crippen LogP contribution in [0.25, 0.3) is 5.57 Å². The molecular formula is C25H27ClN4O4. The lowest BCUT2D eigenvalue weighted by Crippen LogP contribution is -2.05. The van der Waals surface area contributed by atoms with Crippen molar-refractivity contribution >= 4 is 46.3 Å². The Morgan fingerprint density at radius 1 is 1.18 bits per heavy atom. The normalized spacial score (nSPS) is 11.4. The molecule has 0 aliphatic carbocycles. The van der Waals surface area contributed by atoms with Crippen molar-refractivity contribution in [2.75, 3.05) is 17.7 Å². The summed E-state index contributed by atoms with van der Waals surface area (Å²) in [5.41, 5.74) is 3.49. The van der Waals surface area contributed by atoms with Gasteiger partial charge in [-0.05, 0) is 41.7 Å². The Morgan fingerprint density at radius 3 is 2.62 bits per heavy atom. The fourth-order valence-corrected chi connectivity index (χ4v) is 3.58. The highest BCUT2D eigenvalue weighted by Crippen LogP contribution is 2.33. The molecular weight excluding hydrogens is 456 g/mol. The van der Waals surface area contributed by atoms with Gasteiger partial charge in [-0.15, -0.1) is 0 Å². The maximum atomic E-state index is 11.1. The number of benzene rings is 2. The van der Waals surface area contributed by atoms with Crippen LogP contribution < -0.4 is 15.4 Å². The van der Waals surface area contributed by atoms with Gasteiger partial charge in [0.2, 0.25) is 5.95 Å². The molecule has 34 heavy (non-hydrogen) atoms. The van der Waals surface area contributed by atoms with Gasteiger partial charge < -0.3 is 25.6 Å². The molecule has 3 rings (SSSR count). The number of nitrogens with one attached hydrogen (secondary N) is 2. The van der Waals surface area contributed by atoms with Gasteiger partial charge in [0.1, 0.15) is 10.8 Å². The average Bonchev–Trinajstić information content (AvgIpc) is 2.80. The Morgan fingerprint density at radius 2 is 1.94 bits per heavy atom. The van der Waals surface area contributed by atoms with Gasteiger partial charge >= 0.3 is 5.97 Å². The summed E-state index contributed by atoms with van der Waals surface area (Å²) in [4.78, 5) is 19.8. The maximum Gasteiger partial charge on any atom is 0.307 e. The second kappa shape index (κ2) is 11.4. The number of allylic oxidation sites excluding steroid dienone is 1. The number of para-hydroxylation sites is 1. The summed E-state index contributed by atoms with van der Waals surface area (Å²) < 4.78 is 5.38. The molecule has 3 aromatic rings. The number of aliphatic hydroxyl groups is 1. The van der Waals surface area contributed by atoms with E-state index >= 15 is 0 Å². The van der Waals surface area contributed by atoms with Crippen LogP contribution >= 0.6 is 11.6 Å². The molecule has 1 heterocycles. The highest BCUT2D eigenvalue weighted by atomic mass is 35.5. The summed E-state index contributed by atoms with van der Waals surface area (Å²) >= 11 is 6.37. The van der Waals surface area contributed by atoms with Gasteiger partial charge in [-0.1, -0.05) is 49.7 Å². The molecule has 0 aliphatic heterocycles. The van der Waals surface area contributed by atoms with Crippen LogP contribution in [0.15, 0.2) is 54.9 Å². The smallest absolute Gasteiger partial charge is 0.307 e. The minimum Gasteiger partial charge on any atom is -0.515 e. The second-order valence-electron chi connectivity index (χ2n) is 8.04. The lowest BCUT2D eigenvalue weighted by atomic mass is 9.96. The van der Waals surface area contributed by atoms with Gasteiger partial charge in [-0.2, -0.15) is 4.98 Å². The van der Waals surface area contributed by atoms with Crippen molar-refractivity contribution in [2.24, 2.45) is 5.92 Å². The lowest BCUT2D eigenvalue weighted by molar-refractivity contribution is -0.136. The third kappa shape index (κ3) is 6.39. The SMILES string of the molecule is COc1ccc(CC(=O)O)cc1Nc1ncc(Cl)c(Nc2ccccc2C(=CO)CC(C)C)n1. The molecule has 178 valence electrons. The minimum absolute atomic E-state index is 0.124. The van der Waals surface area contributed by atoms with Crippen molar-refractivity contribution in [3.05, 3.63) is 71.1 Å². The van der Waals surface area contributed by atoms with Crippen molar-refractivity contribution in [3.63, 3.8) is 0 Å². The number of aliphatic carboxylic acids is 1. The number of aliphatic hydroxyl groups excluding tert-OH is 1. The molecule has 8 nitrogen and oxygen atoms in total. The van der Waals surface area contributed by atoms with Gasteiger partial charge in [-0.25, -0.2) is 4.98 Å². The van der Waals surface area contributed by atoms with Crippen LogP contribution in [0.5, 0.6) is 5.75 Å². The Labute approximate surface area is 203 Å². The molecule has 0 radical (unpaired) electrons. The Kier molecular flexibility index (Phi) is 8.32. The van der Waals surface area contributed by atoms with Crippen LogP contribution in [0, 0.1) is 5.92 Å². The van der Waals surface area contributed by atoms with Crippen LogP contribution in [0.1, 0.15) is 31.4 Å². The van der Waals surface area contributed by atoms with Gasteiger partial charge in [0.05, 0.1) is 31.7 Å². The second-order valence-corrected chi connectivity index (χ2v) is 8.45. The molecule has 2 aromatic carbocycles. The predicted octanol–water partition coefficient (Wildman–Crippen LogP) is 6.20. The van der Waals surface area contributed by atoms with E-state index in [1.807, 2.05) is 24.3 Å². The number of carboxylic acids is 1. The number of rotatable bonds is 10. The number of aromatic nitrogens is 2. The number of ether oxygens (including phenoxy) is 1. The average molecular weight is 483 g/mol. The van der Waals surface area contributed by atoms with Crippen LogP contribution in [-0.2, 0) is 11.2 Å². The highest BCUT2D eigenvalue weighted by molar-refractivity contribution is 6.33. The molecule has 9 heteroatoms. The number of hydrogen-bond donors (Lipinski definition) is 4. The first-order valence-corrected chi connectivity index (χ1v) is 11.1. The number of anilines is 4. The lowest BCUT2D eigenvalue weighted by Gasteiger charge is -2.16. The van der Waals surface area contributed by atoms with Crippen molar-refractivity contribution in [3.8, 4) is 5.75 Å². The van der Waals surface area contributed by atoms with E-state index in [1.165, 1.54) is 13.3 Å². The molecule has 0 saturated carbocycles. The number of carboxylic acid groups (broad SMARTS) is 1. The van der Waals surface area contributed by atoms with Gasteiger partial charge in [-0.3, -0.25) is 4.79 Å². The summed E-state index contributed by atoms with van der Waals surface area (Å²) in [5.74, 6) is 0.554. The monoisotopic (exact) mass is 482 g/mol. The first kappa shape index (κ1) is 24.9. The van der Waals surface area contributed by atoms with Crippen molar-refractivity contribution < 1.29 is 19.7 Å². The van der Waals surface area contributed by atoms with E-state index < -0.39 is 5.97 Å². The molecule has 0 unspecified atom stereocenters. The van der Waals surface area contributed by atoms with Crippen molar-refractivity contribution in [1.82, 2.24) is 9.97 Å². The van der Waals surface area contributed by atoms with E-state index in [-0.39, 0.29) is 12.4 Å². The third-order valence-corrected chi connectivity index (χ3v) is 5.20. The van der Waals surface area contributed by atoms with Crippen LogP contribution in [0.2, 0.25) is 5.02 Å². The van der Waals surface area contributed by atoms with Crippen LogP contribution in [-0.4, -0.2) is 33.3 Å². The van der Waals surface area contributed by atoms with Crippen LogP contribution in [0.3, 0.4) is 0 Å². The molecule has 4 N–H and O–H groups in total. The number of hydrogen-bond acceptors (Lipinski definition) is 7. The van der Waals surface area contributed by atoms with E-state index in [0.717, 1.165) is 23.1 Å². The zero-order chi connectivity index (χ0) is 24.7. The Balaban J connectivity index is 1.91. The standard InChI is InChI=1S/C25H27ClN4O4/c1-15(2)10-17(14-31)18-6-4-5-7-20(18)28-24-19(26)13-27-25(30-24)29-21-11-16(12-23(32)33)8-9-22(21)34-3/h4-9,11,13-15,31H,10,12H2,1-3H3,(H,32,33)(H2,27,28,29,30). The van der Waals surface area contributed by atoms with Gasteiger partial charge in [0.15, 0.2) is 5.82 Å². The third-order valence-electron chi connectivity index (χ3n) is 4.92. The first-order valence-electron chi connectivity index (χ1n) is 10.7. The summed E-state index contributed by atoms with van der Waals surface area (Å²) in [5, 5.41) is 25.5. The molecule has 0 fully saturated rings. The molecule has 0 saturated heterocycles. The fraction of sp³-hybridized carbons (Fsp3) is 0.240. The number of nitrogens with zero attached hydrogens (tertiary/aromatic N) is 2. The zero-order valence-corrected chi connectivity index (χ0v) is 19.9. The summed E-state index contributed by atoms with van der Waals surface area (Å²) in [6, 6.07) is 12.6. The molecule has 1 aromatic heterocycles. The van der Waals surface area contributed by atoms with Gasteiger partial charge in [0, 0.05) is 11.3 Å². The number of carbonyl (C=O) groups is 1. The molecule has 0 amide bonds. The minimum atomic E-state index is -0.933. The summed E-state index contributed by atoms with van der Waals surface area (Å²) in [6.45, 7) is 4.16. The maximum absolute atomic E-state index is 11.1. The summed E-state index contributed by atoms with van der Waals surface area (Å²) in [6.07, 6.45) is 3.17. The topological polar surface area (TPSA) is 117 Å². The fourth-order valence-electron chi connectivity index (χ4n) is 3.44. The molecule has 0 atom stereocenters. The number of methoxy groups -OCH3 is 1. The first-order chi connectivity index (χ1) is 16.3. The molecule has 0 spiro atoms. The van der Waals surface area contributed by atoms with Crippen molar-refractivity contribution in [2.45, 2.75) is 26.7 Å². The highest BCUT2D eigenvalue weighted by Gasteiger charge is 2.14. The Bertz CT molecular complexity index is 1200.